The highest BCUT2D eigenvalue weighted by Gasteiger charge is 2.44. The Hall–Kier alpha value is -3.44. The van der Waals surface area contributed by atoms with Gasteiger partial charge in [0.15, 0.2) is 0 Å². The Morgan fingerprint density at radius 2 is 1.49 bits per heavy atom. The van der Waals surface area contributed by atoms with Crippen LogP contribution in [0.1, 0.15) is 74.9 Å². The van der Waals surface area contributed by atoms with Gasteiger partial charge in [-0.25, -0.2) is 4.98 Å². The van der Waals surface area contributed by atoms with E-state index in [2.05, 4.69) is 107 Å². The zero-order valence-electron chi connectivity index (χ0n) is 25.9. The number of likely N-dealkylation sites (tertiary alicyclic amines) is 1. The van der Waals surface area contributed by atoms with Crippen molar-refractivity contribution in [2.75, 3.05) is 19.6 Å². The number of rotatable bonds is 8. The van der Waals surface area contributed by atoms with Crippen LogP contribution < -0.4 is 0 Å². The highest BCUT2D eigenvalue weighted by atomic mass is 16.2. The van der Waals surface area contributed by atoms with Crippen molar-refractivity contribution in [2.24, 2.45) is 5.92 Å². The number of benzene rings is 3. The molecule has 5 heteroatoms. The van der Waals surface area contributed by atoms with Crippen LogP contribution in [-0.4, -0.2) is 57.0 Å². The summed E-state index contributed by atoms with van der Waals surface area (Å²) in [6, 6.07) is 32.1. The van der Waals surface area contributed by atoms with E-state index in [9.17, 15) is 4.79 Å². The van der Waals surface area contributed by atoms with E-state index in [1.54, 1.807) is 0 Å². The minimum atomic E-state index is 0.0137. The van der Waals surface area contributed by atoms with Crippen LogP contribution in [0.5, 0.6) is 0 Å². The fraction of sp³-hybridized carbons (Fsp3) is 0.474. The molecule has 3 saturated heterocycles. The third-order valence-corrected chi connectivity index (χ3v) is 11.1. The summed E-state index contributed by atoms with van der Waals surface area (Å²) in [4.78, 5) is 23.4. The first-order valence-corrected chi connectivity index (χ1v) is 16.6. The lowest BCUT2D eigenvalue weighted by Gasteiger charge is -2.46. The van der Waals surface area contributed by atoms with Crippen LogP contribution in [0.2, 0.25) is 0 Å². The molecule has 7 rings (SSSR count). The maximum Gasteiger partial charge on any atom is 0.225 e. The first kappa shape index (κ1) is 28.3. The standard InChI is InChI=1S/C38H46N4O/c1-28(25-30-11-5-3-6-12-30)37(43)40-22-19-38(20-23-40,31-13-7-4-8-14-31)21-24-41-32-17-18-33(41)27-34(26-32)42-29(2)39-35-15-9-10-16-36(35)42/h3-16,28,32-34H,17-27H2,1-2H3/t28?,32-,33+,34+. The molecule has 2 bridgehead atoms. The van der Waals surface area contributed by atoms with Gasteiger partial charge < -0.3 is 9.47 Å². The Morgan fingerprint density at radius 1 is 0.860 bits per heavy atom. The number of imidazole rings is 1. The number of amides is 1. The number of hydrogen-bond acceptors (Lipinski definition) is 3. The van der Waals surface area contributed by atoms with Gasteiger partial charge in [0.1, 0.15) is 5.82 Å². The first-order valence-electron chi connectivity index (χ1n) is 16.6. The number of carbonyl (C=O) groups excluding carboxylic acids is 1. The van der Waals surface area contributed by atoms with E-state index in [1.807, 2.05) is 6.07 Å². The molecule has 0 radical (unpaired) electrons. The summed E-state index contributed by atoms with van der Waals surface area (Å²) >= 11 is 0. The molecule has 4 heterocycles. The van der Waals surface area contributed by atoms with Crippen molar-refractivity contribution in [3.8, 4) is 0 Å². The molecule has 3 aliphatic rings. The van der Waals surface area contributed by atoms with Crippen LogP contribution in [0.15, 0.2) is 84.9 Å². The molecule has 1 amide bonds. The van der Waals surface area contributed by atoms with Crippen LogP contribution in [0.3, 0.4) is 0 Å². The van der Waals surface area contributed by atoms with Gasteiger partial charge in [-0.15, -0.1) is 0 Å². The summed E-state index contributed by atoms with van der Waals surface area (Å²) in [6.07, 6.45) is 9.14. The van der Waals surface area contributed by atoms with Crippen molar-refractivity contribution in [1.82, 2.24) is 19.4 Å². The molecule has 3 fully saturated rings. The third kappa shape index (κ3) is 5.53. The summed E-state index contributed by atoms with van der Waals surface area (Å²) < 4.78 is 2.54. The zero-order chi connectivity index (χ0) is 29.4. The zero-order valence-corrected chi connectivity index (χ0v) is 25.9. The van der Waals surface area contributed by atoms with Gasteiger partial charge in [0.05, 0.1) is 11.0 Å². The Labute approximate surface area is 256 Å². The summed E-state index contributed by atoms with van der Waals surface area (Å²) in [6.45, 7) is 7.14. The van der Waals surface area contributed by atoms with Crippen molar-refractivity contribution in [2.45, 2.75) is 88.8 Å². The lowest BCUT2D eigenvalue weighted by molar-refractivity contribution is -0.136. The van der Waals surface area contributed by atoms with Crippen molar-refractivity contribution in [3.05, 3.63) is 102 Å². The molecule has 43 heavy (non-hydrogen) atoms. The third-order valence-electron chi connectivity index (χ3n) is 11.1. The Kier molecular flexibility index (Phi) is 7.85. The number of aromatic nitrogens is 2. The fourth-order valence-corrected chi connectivity index (χ4v) is 8.79. The molecule has 0 spiro atoms. The molecular formula is C38H46N4O. The summed E-state index contributed by atoms with van der Waals surface area (Å²) in [5.41, 5.74) is 5.25. The maximum absolute atomic E-state index is 13.5. The topological polar surface area (TPSA) is 41.4 Å². The lowest BCUT2D eigenvalue weighted by atomic mass is 9.70. The predicted molar refractivity (Wildman–Crippen MR) is 174 cm³/mol. The summed E-state index contributed by atoms with van der Waals surface area (Å²) in [7, 11) is 0. The second-order valence-electron chi connectivity index (χ2n) is 13.6. The van der Waals surface area contributed by atoms with E-state index >= 15 is 0 Å². The maximum atomic E-state index is 13.5. The van der Waals surface area contributed by atoms with Gasteiger partial charge in [0, 0.05) is 37.1 Å². The highest BCUT2D eigenvalue weighted by Crippen LogP contribution is 2.45. The van der Waals surface area contributed by atoms with Gasteiger partial charge in [-0.05, 0) is 93.5 Å². The number of nitrogens with zero attached hydrogens (tertiary/aromatic N) is 4. The molecule has 0 aliphatic carbocycles. The SMILES string of the molecule is Cc1nc2ccccc2n1[C@H]1C[C@H]2CC[C@@H](C1)N2CCC1(c2ccccc2)CCN(C(=O)C(C)Cc2ccccc2)CC1. The molecule has 4 aromatic rings. The van der Waals surface area contributed by atoms with E-state index in [4.69, 9.17) is 4.98 Å². The van der Waals surface area contributed by atoms with E-state index < -0.39 is 0 Å². The van der Waals surface area contributed by atoms with Crippen LogP contribution in [0.25, 0.3) is 11.0 Å². The quantitative estimate of drug-likeness (QED) is 0.221. The minimum Gasteiger partial charge on any atom is -0.342 e. The second kappa shape index (κ2) is 11.9. The molecule has 1 unspecified atom stereocenters. The largest absolute Gasteiger partial charge is 0.342 e. The highest BCUT2D eigenvalue weighted by molar-refractivity contribution is 5.79. The average Bonchev–Trinajstić information content (AvgIpc) is 3.51. The summed E-state index contributed by atoms with van der Waals surface area (Å²) in [5.74, 6) is 1.48. The number of hydrogen-bond donors (Lipinski definition) is 0. The van der Waals surface area contributed by atoms with Crippen LogP contribution in [0.4, 0.5) is 0 Å². The van der Waals surface area contributed by atoms with E-state index in [0.29, 0.717) is 24.0 Å². The van der Waals surface area contributed by atoms with Gasteiger partial charge in [-0.3, -0.25) is 9.69 Å². The number of aryl methyl sites for hydroxylation is 1. The van der Waals surface area contributed by atoms with E-state index in [1.165, 1.54) is 48.7 Å². The molecule has 0 N–H and O–H groups in total. The molecule has 3 aliphatic heterocycles. The number of para-hydroxylation sites is 2. The Balaban J connectivity index is 1.03. The Morgan fingerprint density at radius 3 is 2.19 bits per heavy atom. The predicted octanol–water partition coefficient (Wildman–Crippen LogP) is 7.34. The van der Waals surface area contributed by atoms with Gasteiger partial charge in [-0.1, -0.05) is 79.7 Å². The van der Waals surface area contributed by atoms with Crippen LogP contribution >= 0.6 is 0 Å². The molecule has 1 aromatic heterocycles. The van der Waals surface area contributed by atoms with Crippen LogP contribution in [-0.2, 0) is 16.6 Å². The van der Waals surface area contributed by atoms with Gasteiger partial charge >= 0.3 is 0 Å². The van der Waals surface area contributed by atoms with Gasteiger partial charge in [0.2, 0.25) is 5.91 Å². The van der Waals surface area contributed by atoms with Crippen LogP contribution in [0, 0.1) is 12.8 Å². The van der Waals surface area contributed by atoms with Crippen molar-refractivity contribution in [1.29, 1.82) is 0 Å². The summed E-state index contributed by atoms with van der Waals surface area (Å²) in [5, 5.41) is 0. The van der Waals surface area contributed by atoms with Crippen molar-refractivity contribution >= 4 is 16.9 Å². The smallest absolute Gasteiger partial charge is 0.225 e. The molecule has 3 aromatic carbocycles. The number of fused-ring (bicyclic) bond motifs is 3. The van der Waals surface area contributed by atoms with E-state index in [0.717, 1.165) is 50.2 Å². The van der Waals surface area contributed by atoms with E-state index in [-0.39, 0.29) is 11.3 Å². The average molecular weight is 575 g/mol. The molecule has 4 atom stereocenters. The first-order chi connectivity index (χ1) is 21.0. The number of carbonyl (C=O) groups is 1. The van der Waals surface area contributed by atoms with Crippen molar-refractivity contribution in [3.63, 3.8) is 0 Å². The molecular weight excluding hydrogens is 528 g/mol. The minimum absolute atomic E-state index is 0.0137. The molecule has 224 valence electrons. The monoisotopic (exact) mass is 574 g/mol. The second-order valence-corrected chi connectivity index (χ2v) is 13.6. The molecule has 5 nitrogen and oxygen atoms in total. The van der Waals surface area contributed by atoms with Gasteiger partial charge in [0.25, 0.3) is 0 Å². The Bertz CT molecular complexity index is 1520. The van der Waals surface area contributed by atoms with Crippen molar-refractivity contribution < 1.29 is 4.79 Å². The number of piperidine rings is 2. The lowest BCUT2D eigenvalue weighted by Crippen LogP contribution is -2.49. The van der Waals surface area contributed by atoms with Gasteiger partial charge in [-0.2, -0.15) is 0 Å². The fourth-order valence-electron chi connectivity index (χ4n) is 8.79. The molecule has 0 saturated carbocycles. The normalized spacial score (nSPS) is 24.3.